The molecule has 0 spiro atoms. The predicted octanol–water partition coefficient (Wildman–Crippen LogP) is 1.22. The highest BCUT2D eigenvalue weighted by Gasteiger charge is 2.08. The van der Waals surface area contributed by atoms with Crippen LogP contribution < -0.4 is 11.1 Å². The molecule has 2 aromatic rings. The van der Waals surface area contributed by atoms with Gasteiger partial charge in [-0.3, -0.25) is 4.98 Å². The first-order chi connectivity index (χ1) is 7.25. The summed E-state index contributed by atoms with van der Waals surface area (Å²) in [5, 5.41) is 10.3. The zero-order valence-corrected chi connectivity index (χ0v) is 8.21. The lowest BCUT2D eigenvalue weighted by Gasteiger charge is -2.10. The summed E-state index contributed by atoms with van der Waals surface area (Å²) in [6, 6.07) is 4.23. The second-order valence-corrected chi connectivity index (χ2v) is 3.10. The van der Waals surface area contributed by atoms with Crippen molar-refractivity contribution in [2.45, 2.75) is 13.0 Å². The number of hydrogen-bond acceptors (Lipinski definition) is 6. The number of hydrogen-bond donors (Lipinski definition) is 2. The average molecular weight is 205 g/mol. The van der Waals surface area contributed by atoms with E-state index < -0.39 is 0 Å². The number of nitrogens with two attached hydrogens (primary N) is 1. The molecular formula is C9H11N5O. The van der Waals surface area contributed by atoms with Crippen molar-refractivity contribution in [2.24, 2.45) is 0 Å². The number of anilines is 2. The Balaban J connectivity index is 2.07. The molecule has 0 aliphatic rings. The van der Waals surface area contributed by atoms with Crippen LogP contribution in [-0.2, 0) is 0 Å². The molecule has 6 nitrogen and oxygen atoms in total. The summed E-state index contributed by atoms with van der Waals surface area (Å²) >= 11 is 0. The van der Waals surface area contributed by atoms with E-state index in [9.17, 15) is 0 Å². The quantitative estimate of drug-likeness (QED) is 0.783. The number of nitrogens with one attached hydrogen (secondary N) is 1. The Hall–Kier alpha value is -2.11. The molecule has 2 heterocycles. The molecule has 78 valence electrons. The van der Waals surface area contributed by atoms with E-state index in [1.165, 1.54) is 0 Å². The van der Waals surface area contributed by atoms with Gasteiger partial charge in [0.2, 0.25) is 0 Å². The molecule has 0 aliphatic carbocycles. The second-order valence-electron chi connectivity index (χ2n) is 3.10. The van der Waals surface area contributed by atoms with Gasteiger partial charge in [0.25, 0.3) is 0 Å². The standard InChI is InChI=1S/C9H11N5O/c1-6(7-3-2-4-11-5-7)12-9-14-13-8(10)15-9/h2-6H,1H3,(H2,10,13)(H,12,14). The molecule has 0 saturated carbocycles. The van der Waals surface area contributed by atoms with Crippen LogP contribution in [0.2, 0.25) is 0 Å². The Morgan fingerprint density at radius 3 is 2.93 bits per heavy atom. The van der Waals surface area contributed by atoms with E-state index >= 15 is 0 Å². The van der Waals surface area contributed by atoms with Crippen LogP contribution in [-0.4, -0.2) is 15.2 Å². The third-order valence-corrected chi connectivity index (χ3v) is 1.97. The minimum absolute atomic E-state index is 0.0403. The molecule has 0 saturated heterocycles. The lowest BCUT2D eigenvalue weighted by molar-refractivity contribution is 0.578. The summed E-state index contributed by atoms with van der Waals surface area (Å²) < 4.78 is 5.00. The molecule has 0 radical (unpaired) electrons. The van der Waals surface area contributed by atoms with E-state index in [0.717, 1.165) is 5.56 Å². The number of nitrogens with zero attached hydrogens (tertiary/aromatic N) is 3. The molecule has 0 aromatic carbocycles. The molecule has 0 fully saturated rings. The number of rotatable bonds is 3. The van der Waals surface area contributed by atoms with Crippen LogP contribution in [0.5, 0.6) is 0 Å². The fourth-order valence-corrected chi connectivity index (χ4v) is 1.19. The Morgan fingerprint density at radius 2 is 2.33 bits per heavy atom. The maximum absolute atomic E-state index is 5.30. The molecule has 6 heteroatoms. The Bertz CT molecular complexity index is 427. The summed E-state index contributed by atoms with van der Waals surface area (Å²) in [6.45, 7) is 1.97. The summed E-state index contributed by atoms with van der Waals surface area (Å²) in [5.41, 5.74) is 6.34. The summed E-state index contributed by atoms with van der Waals surface area (Å²) in [7, 11) is 0. The van der Waals surface area contributed by atoms with Gasteiger partial charge in [-0.1, -0.05) is 16.3 Å². The fourth-order valence-electron chi connectivity index (χ4n) is 1.19. The number of pyridine rings is 1. The van der Waals surface area contributed by atoms with Gasteiger partial charge in [-0.25, -0.2) is 0 Å². The van der Waals surface area contributed by atoms with Crippen molar-refractivity contribution in [1.82, 2.24) is 15.2 Å². The smallest absolute Gasteiger partial charge is 0.317 e. The molecule has 0 aliphatic heterocycles. The van der Waals surface area contributed by atoms with E-state index in [1.807, 2.05) is 19.1 Å². The first kappa shape index (κ1) is 9.45. The molecule has 1 atom stereocenters. The molecule has 2 aromatic heterocycles. The molecule has 1 unspecified atom stereocenters. The van der Waals surface area contributed by atoms with Crippen molar-refractivity contribution in [1.29, 1.82) is 0 Å². The largest absolute Gasteiger partial charge is 0.390 e. The minimum atomic E-state index is 0.0403. The van der Waals surface area contributed by atoms with Gasteiger partial charge in [0.05, 0.1) is 6.04 Å². The maximum Gasteiger partial charge on any atom is 0.317 e. The van der Waals surface area contributed by atoms with Crippen LogP contribution in [0.4, 0.5) is 12.0 Å². The topological polar surface area (TPSA) is 89.9 Å². The van der Waals surface area contributed by atoms with Crippen molar-refractivity contribution >= 4 is 12.0 Å². The minimum Gasteiger partial charge on any atom is -0.390 e. The van der Waals surface area contributed by atoms with E-state index in [-0.39, 0.29) is 12.1 Å². The third-order valence-electron chi connectivity index (χ3n) is 1.97. The van der Waals surface area contributed by atoms with E-state index in [2.05, 4.69) is 20.5 Å². The van der Waals surface area contributed by atoms with Gasteiger partial charge < -0.3 is 15.5 Å². The van der Waals surface area contributed by atoms with Crippen LogP contribution in [0.15, 0.2) is 28.9 Å². The van der Waals surface area contributed by atoms with Gasteiger partial charge in [-0.05, 0) is 18.6 Å². The second kappa shape index (κ2) is 3.95. The van der Waals surface area contributed by atoms with Crippen LogP contribution in [0.25, 0.3) is 0 Å². The van der Waals surface area contributed by atoms with Crippen molar-refractivity contribution < 1.29 is 4.42 Å². The fraction of sp³-hybridized carbons (Fsp3) is 0.222. The monoisotopic (exact) mass is 205 g/mol. The Labute approximate surface area is 86.5 Å². The van der Waals surface area contributed by atoms with Crippen LogP contribution >= 0.6 is 0 Å². The van der Waals surface area contributed by atoms with Gasteiger partial charge in [0.1, 0.15) is 0 Å². The van der Waals surface area contributed by atoms with Crippen molar-refractivity contribution in [3.05, 3.63) is 30.1 Å². The van der Waals surface area contributed by atoms with Crippen molar-refractivity contribution in [3.63, 3.8) is 0 Å². The van der Waals surface area contributed by atoms with Crippen LogP contribution in [0.1, 0.15) is 18.5 Å². The van der Waals surface area contributed by atoms with Crippen LogP contribution in [0, 0.1) is 0 Å². The maximum atomic E-state index is 5.30. The van der Waals surface area contributed by atoms with Gasteiger partial charge in [0.15, 0.2) is 0 Å². The molecule has 2 rings (SSSR count). The lowest BCUT2D eigenvalue weighted by atomic mass is 10.1. The highest BCUT2D eigenvalue weighted by Crippen LogP contribution is 2.17. The van der Waals surface area contributed by atoms with Gasteiger partial charge >= 0.3 is 12.0 Å². The predicted molar refractivity (Wildman–Crippen MR) is 55.0 cm³/mol. The number of nitrogen functional groups attached to an aromatic ring is 1. The van der Waals surface area contributed by atoms with Crippen molar-refractivity contribution in [3.8, 4) is 0 Å². The third kappa shape index (κ3) is 2.22. The SMILES string of the molecule is CC(Nc1nnc(N)o1)c1cccnc1. The van der Waals surface area contributed by atoms with E-state index in [0.29, 0.717) is 6.01 Å². The Kier molecular flexibility index (Phi) is 2.49. The molecule has 0 amide bonds. The zero-order valence-electron chi connectivity index (χ0n) is 8.21. The molecular weight excluding hydrogens is 194 g/mol. The molecule has 0 bridgehead atoms. The average Bonchev–Trinajstić information content (AvgIpc) is 2.65. The molecule has 3 N–H and O–H groups in total. The summed E-state index contributed by atoms with van der Waals surface area (Å²) in [5.74, 6) is 0. The summed E-state index contributed by atoms with van der Waals surface area (Å²) in [4.78, 5) is 4.02. The van der Waals surface area contributed by atoms with Crippen LogP contribution in [0.3, 0.4) is 0 Å². The summed E-state index contributed by atoms with van der Waals surface area (Å²) in [6.07, 6.45) is 3.50. The van der Waals surface area contributed by atoms with E-state index in [1.54, 1.807) is 12.4 Å². The normalized spacial score (nSPS) is 12.3. The first-order valence-electron chi connectivity index (χ1n) is 4.51. The van der Waals surface area contributed by atoms with E-state index in [4.69, 9.17) is 10.2 Å². The van der Waals surface area contributed by atoms with Gasteiger partial charge in [0, 0.05) is 12.4 Å². The van der Waals surface area contributed by atoms with Crippen molar-refractivity contribution in [2.75, 3.05) is 11.1 Å². The lowest BCUT2D eigenvalue weighted by Crippen LogP contribution is -2.06. The number of aromatic nitrogens is 3. The zero-order chi connectivity index (χ0) is 10.7. The Morgan fingerprint density at radius 1 is 1.47 bits per heavy atom. The van der Waals surface area contributed by atoms with Gasteiger partial charge in [-0.2, -0.15) is 0 Å². The first-order valence-corrected chi connectivity index (χ1v) is 4.51. The molecule has 15 heavy (non-hydrogen) atoms. The van der Waals surface area contributed by atoms with Gasteiger partial charge in [-0.15, -0.1) is 0 Å². The highest BCUT2D eigenvalue weighted by atomic mass is 16.4. The highest BCUT2D eigenvalue weighted by molar-refractivity contribution is 5.28.